The standard InChI is InChI=1S/C22H19N5O2/c1-26(2)9-10-27-21(28)15-7-3-6-14-18(15)16(22(27)29)11-17-19(14)25-20(24-17)13-5-4-8-23-12-13/h3-8,11-12,29H,9-10H2,1-2H3. The van der Waals surface area contributed by atoms with E-state index in [-0.39, 0.29) is 11.4 Å². The number of aromatic nitrogens is 2. The van der Waals surface area contributed by atoms with Crippen molar-refractivity contribution in [3.05, 3.63) is 70.1 Å². The lowest BCUT2D eigenvalue weighted by Gasteiger charge is -2.16. The first-order valence-corrected chi connectivity index (χ1v) is 9.38. The molecule has 2 aromatic carbocycles. The second kappa shape index (κ2) is 6.49. The average molecular weight is 385 g/mol. The van der Waals surface area contributed by atoms with Gasteiger partial charge in [0.15, 0.2) is 5.84 Å². The van der Waals surface area contributed by atoms with Gasteiger partial charge >= 0.3 is 0 Å². The molecule has 2 aromatic heterocycles. The molecule has 4 aromatic rings. The van der Waals surface area contributed by atoms with Crippen molar-refractivity contribution in [3.63, 3.8) is 0 Å². The Balaban J connectivity index is 1.81. The molecule has 1 aliphatic heterocycles. The van der Waals surface area contributed by atoms with Gasteiger partial charge < -0.3 is 10.0 Å². The maximum Gasteiger partial charge on any atom is 0.261 e. The first-order chi connectivity index (χ1) is 14.0. The second-order valence-corrected chi connectivity index (χ2v) is 7.39. The van der Waals surface area contributed by atoms with E-state index in [1.54, 1.807) is 18.5 Å². The maximum absolute atomic E-state index is 13.1. The highest BCUT2D eigenvalue weighted by Gasteiger charge is 2.20. The molecule has 0 saturated heterocycles. The van der Waals surface area contributed by atoms with E-state index in [4.69, 9.17) is 4.99 Å². The topological polar surface area (TPSA) is 83.1 Å². The van der Waals surface area contributed by atoms with Crippen LogP contribution in [0, 0.1) is 0 Å². The van der Waals surface area contributed by atoms with Crippen LogP contribution >= 0.6 is 0 Å². The van der Waals surface area contributed by atoms with Crippen LogP contribution in [0.1, 0.15) is 5.56 Å². The molecule has 3 heterocycles. The smallest absolute Gasteiger partial charge is 0.261 e. The minimum Gasteiger partial charge on any atom is -0.494 e. The molecule has 5 rings (SSSR count). The van der Waals surface area contributed by atoms with Gasteiger partial charge in [-0.2, -0.15) is 0 Å². The van der Waals surface area contributed by atoms with Crippen molar-refractivity contribution in [3.8, 4) is 5.88 Å². The van der Waals surface area contributed by atoms with E-state index in [0.717, 1.165) is 16.3 Å². The van der Waals surface area contributed by atoms with Gasteiger partial charge in [-0.1, -0.05) is 12.1 Å². The summed E-state index contributed by atoms with van der Waals surface area (Å²) >= 11 is 0. The van der Waals surface area contributed by atoms with Gasteiger partial charge in [-0.25, -0.2) is 9.98 Å². The lowest BCUT2D eigenvalue weighted by molar-refractivity contribution is 0.353. The molecule has 144 valence electrons. The molecule has 0 unspecified atom stereocenters. The third kappa shape index (κ3) is 2.70. The molecule has 29 heavy (non-hydrogen) atoms. The fourth-order valence-corrected chi connectivity index (χ4v) is 3.78. The normalized spacial score (nSPS) is 13.1. The number of fused-ring (bicyclic) bond motifs is 2. The first-order valence-electron chi connectivity index (χ1n) is 9.38. The largest absolute Gasteiger partial charge is 0.494 e. The molecule has 0 spiro atoms. The molecule has 1 aliphatic rings. The third-order valence-corrected chi connectivity index (χ3v) is 5.22. The van der Waals surface area contributed by atoms with Gasteiger partial charge in [-0.15, -0.1) is 0 Å². The summed E-state index contributed by atoms with van der Waals surface area (Å²) in [7, 11) is 3.87. The van der Waals surface area contributed by atoms with E-state index in [9.17, 15) is 9.90 Å². The van der Waals surface area contributed by atoms with Gasteiger partial charge in [0.2, 0.25) is 5.88 Å². The van der Waals surface area contributed by atoms with Crippen molar-refractivity contribution < 1.29 is 5.11 Å². The van der Waals surface area contributed by atoms with Crippen molar-refractivity contribution in [1.82, 2.24) is 14.5 Å². The number of nitrogens with zero attached hydrogens (tertiary/aromatic N) is 5. The summed E-state index contributed by atoms with van der Waals surface area (Å²) < 4.78 is 1.43. The van der Waals surface area contributed by atoms with Crippen LogP contribution in [0.4, 0.5) is 5.69 Å². The lowest BCUT2D eigenvalue weighted by atomic mass is 10.0. The molecule has 0 saturated carbocycles. The van der Waals surface area contributed by atoms with Gasteiger partial charge in [-0.05, 0) is 38.4 Å². The van der Waals surface area contributed by atoms with Crippen LogP contribution in [0.3, 0.4) is 0 Å². The molecule has 1 N–H and O–H groups in total. The Kier molecular flexibility index (Phi) is 3.92. The van der Waals surface area contributed by atoms with Crippen molar-refractivity contribution in [2.75, 3.05) is 20.6 Å². The highest BCUT2D eigenvalue weighted by atomic mass is 16.3. The Hall–Kier alpha value is -3.58. The quantitative estimate of drug-likeness (QED) is 0.584. The number of pyridine rings is 2. The maximum atomic E-state index is 13.1. The van der Waals surface area contributed by atoms with Crippen LogP contribution in [0.25, 0.3) is 21.5 Å². The molecule has 7 heteroatoms. The van der Waals surface area contributed by atoms with Crippen molar-refractivity contribution >= 4 is 33.1 Å². The van der Waals surface area contributed by atoms with Crippen molar-refractivity contribution in [2.24, 2.45) is 9.98 Å². The Morgan fingerprint density at radius 1 is 1.07 bits per heavy atom. The number of amidine groups is 1. The zero-order valence-electron chi connectivity index (χ0n) is 16.1. The number of hydrogen-bond donors (Lipinski definition) is 1. The van der Waals surface area contributed by atoms with Gasteiger partial charge in [0, 0.05) is 52.6 Å². The monoisotopic (exact) mass is 385 g/mol. The minimum absolute atomic E-state index is 0.0339. The Morgan fingerprint density at radius 3 is 2.66 bits per heavy atom. The number of hydrogen-bond acceptors (Lipinski definition) is 6. The fourth-order valence-electron chi connectivity index (χ4n) is 3.78. The van der Waals surface area contributed by atoms with Crippen LogP contribution in [0.5, 0.6) is 5.88 Å². The van der Waals surface area contributed by atoms with E-state index < -0.39 is 0 Å². The van der Waals surface area contributed by atoms with Crippen molar-refractivity contribution in [2.45, 2.75) is 6.54 Å². The Bertz CT molecular complexity index is 1400. The van der Waals surface area contributed by atoms with E-state index in [1.165, 1.54) is 4.57 Å². The van der Waals surface area contributed by atoms with Crippen LogP contribution in [-0.4, -0.2) is 46.0 Å². The summed E-state index contributed by atoms with van der Waals surface area (Å²) in [5.41, 5.74) is 1.30. The van der Waals surface area contributed by atoms with E-state index >= 15 is 0 Å². The first kappa shape index (κ1) is 17.5. The summed E-state index contributed by atoms with van der Waals surface area (Å²) in [5.74, 6) is 0.542. The summed E-state index contributed by atoms with van der Waals surface area (Å²) in [6, 6.07) is 11.1. The number of aromatic hydroxyl groups is 1. The summed E-state index contributed by atoms with van der Waals surface area (Å²) in [6.45, 7) is 1.05. The number of rotatable bonds is 4. The molecular formula is C22H19N5O2. The average Bonchev–Trinajstić information content (AvgIpc) is 3.16. The van der Waals surface area contributed by atoms with E-state index in [1.807, 2.05) is 49.3 Å². The fraction of sp³-hybridized carbons (Fsp3) is 0.182. The molecule has 0 atom stereocenters. The van der Waals surface area contributed by atoms with Crippen LogP contribution in [-0.2, 0) is 6.54 Å². The number of likely N-dealkylation sites (N-methyl/N-ethyl adjacent to an activating group) is 1. The summed E-state index contributed by atoms with van der Waals surface area (Å²) in [4.78, 5) is 28.6. The molecule has 0 aliphatic carbocycles. The van der Waals surface area contributed by atoms with Crippen LogP contribution in [0.2, 0.25) is 0 Å². The second-order valence-electron chi connectivity index (χ2n) is 7.39. The molecule has 0 amide bonds. The highest BCUT2D eigenvalue weighted by molar-refractivity contribution is 6.14. The van der Waals surface area contributed by atoms with Gasteiger partial charge in [0.05, 0.1) is 11.0 Å². The predicted molar refractivity (Wildman–Crippen MR) is 113 cm³/mol. The summed E-state index contributed by atoms with van der Waals surface area (Å²) in [5, 5.41) is 14.4. The molecule has 0 fully saturated rings. The zero-order chi connectivity index (χ0) is 20.1. The van der Waals surface area contributed by atoms with Crippen LogP contribution < -0.4 is 10.9 Å². The summed E-state index contributed by atoms with van der Waals surface area (Å²) in [6.07, 6.45) is 3.42. The van der Waals surface area contributed by atoms with Crippen LogP contribution in [0.15, 0.2) is 63.6 Å². The molecule has 0 radical (unpaired) electrons. The van der Waals surface area contributed by atoms with Gasteiger partial charge in [-0.3, -0.25) is 14.3 Å². The van der Waals surface area contributed by atoms with E-state index in [0.29, 0.717) is 40.7 Å². The van der Waals surface area contributed by atoms with E-state index in [2.05, 4.69) is 9.98 Å². The third-order valence-electron chi connectivity index (χ3n) is 5.22. The predicted octanol–water partition coefficient (Wildman–Crippen LogP) is 2.25. The van der Waals surface area contributed by atoms with Crippen molar-refractivity contribution in [1.29, 1.82) is 0 Å². The Labute approximate surface area is 166 Å². The SMILES string of the molecule is CN(C)CCn1c(O)c2cc3c(c4cccc(c1=O)c24)=NC(c1cccnc1)=N3. The van der Waals surface area contributed by atoms with Gasteiger partial charge in [0.1, 0.15) is 0 Å². The molecule has 7 nitrogen and oxygen atoms in total. The lowest BCUT2D eigenvalue weighted by Crippen LogP contribution is -2.27. The van der Waals surface area contributed by atoms with Gasteiger partial charge in [0.25, 0.3) is 5.56 Å². The zero-order valence-corrected chi connectivity index (χ0v) is 16.1. The highest BCUT2D eigenvalue weighted by Crippen LogP contribution is 2.33. The Morgan fingerprint density at radius 2 is 1.90 bits per heavy atom. The number of benzene rings is 2. The molecule has 0 bridgehead atoms. The minimum atomic E-state index is -0.200. The molecular weight excluding hydrogens is 366 g/mol. The number of aliphatic imine (C=N–C) groups is 1.